The number of nitrogens with zero attached hydrogens (tertiary/aromatic N) is 2. The van der Waals surface area contributed by atoms with Gasteiger partial charge in [0.25, 0.3) is 0 Å². The van der Waals surface area contributed by atoms with Gasteiger partial charge in [-0.05, 0) is 24.7 Å². The summed E-state index contributed by atoms with van der Waals surface area (Å²) in [6.45, 7) is 1.90. The predicted octanol–water partition coefficient (Wildman–Crippen LogP) is 2.19. The number of thiol groups is 1. The van der Waals surface area contributed by atoms with Crippen LogP contribution in [0.2, 0.25) is 0 Å². The Bertz CT molecular complexity index is 441. The van der Waals surface area contributed by atoms with Crippen LogP contribution in [0.5, 0.6) is 0 Å². The maximum absolute atomic E-state index is 5.26. The van der Waals surface area contributed by atoms with E-state index in [-0.39, 0.29) is 0 Å². The molecule has 0 N–H and O–H groups in total. The topological polar surface area (TPSA) is 29.3 Å². The van der Waals surface area contributed by atoms with Crippen LogP contribution in [0.1, 0.15) is 5.56 Å². The van der Waals surface area contributed by atoms with Gasteiger partial charge in [-0.25, -0.2) is 4.98 Å². The summed E-state index contributed by atoms with van der Waals surface area (Å²) in [5.74, 6) is 0.876. The predicted molar refractivity (Wildman–Crippen MR) is 64.2 cm³/mol. The second-order valence-electron chi connectivity index (χ2n) is 3.62. The maximum atomic E-state index is 5.26. The van der Waals surface area contributed by atoms with Crippen LogP contribution >= 0.6 is 12.6 Å². The molecule has 0 fully saturated rings. The summed E-state index contributed by atoms with van der Waals surface area (Å²) in [6, 6.07) is 6.11. The highest BCUT2D eigenvalue weighted by Crippen LogP contribution is 2.15. The molecule has 0 amide bonds. The van der Waals surface area contributed by atoms with Crippen molar-refractivity contribution in [3.63, 3.8) is 0 Å². The maximum Gasteiger partial charge on any atom is 0.181 e. The number of oxazole rings is 1. The number of hydrogen-bond acceptors (Lipinski definition) is 4. The van der Waals surface area contributed by atoms with E-state index in [0.717, 1.165) is 29.9 Å². The van der Waals surface area contributed by atoms with E-state index >= 15 is 0 Å². The lowest BCUT2D eigenvalue weighted by atomic mass is 10.2. The second-order valence-corrected chi connectivity index (χ2v) is 4.06. The molecule has 1 aromatic carbocycles. The van der Waals surface area contributed by atoms with Gasteiger partial charge >= 0.3 is 0 Å². The summed E-state index contributed by atoms with van der Waals surface area (Å²) in [6.07, 6.45) is 1.48. The molecule has 0 bridgehead atoms. The highest BCUT2D eigenvalue weighted by Gasteiger charge is 2.02. The molecule has 4 heteroatoms. The Hall–Kier alpha value is -1.00. The van der Waals surface area contributed by atoms with E-state index in [1.54, 1.807) is 0 Å². The molecule has 0 aliphatic rings. The van der Waals surface area contributed by atoms with Crippen LogP contribution in [0, 0.1) is 0 Å². The lowest BCUT2D eigenvalue weighted by Crippen LogP contribution is -2.19. The first-order valence-electron chi connectivity index (χ1n) is 4.91. The Balaban J connectivity index is 2.14. The van der Waals surface area contributed by atoms with Gasteiger partial charge in [0, 0.05) is 18.8 Å². The molecule has 80 valence electrons. The minimum absolute atomic E-state index is 0.853. The van der Waals surface area contributed by atoms with Crippen LogP contribution in [-0.2, 0) is 6.54 Å². The lowest BCUT2D eigenvalue weighted by molar-refractivity contribution is 0.349. The van der Waals surface area contributed by atoms with Gasteiger partial charge in [0.2, 0.25) is 0 Å². The van der Waals surface area contributed by atoms with Gasteiger partial charge in [-0.1, -0.05) is 6.07 Å². The molecule has 1 aromatic heterocycles. The monoisotopic (exact) mass is 222 g/mol. The normalized spacial score (nSPS) is 11.4. The molecule has 0 radical (unpaired) electrons. The first kappa shape index (κ1) is 10.5. The van der Waals surface area contributed by atoms with Crippen molar-refractivity contribution in [2.24, 2.45) is 0 Å². The van der Waals surface area contributed by atoms with Crippen molar-refractivity contribution in [1.29, 1.82) is 0 Å². The third-order valence-electron chi connectivity index (χ3n) is 2.33. The zero-order valence-corrected chi connectivity index (χ0v) is 9.58. The van der Waals surface area contributed by atoms with Crippen LogP contribution in [0.15, 0.2) is 29.0 Å². The molecule has 0 unspecified atom stereocenters. The number of aromatic nitrogens is 1. The fourth-order valence-electron chi connectivity index (χ4n) is 1.56. The number of fused-ring (bicyclic) bond motifs is 1. The Kier molecular flexibility index (Phi) is 3.28. The first-order valence-corrected chi connectivity index (χ1v) is 5.54. The second kappa shape index (κ2) is 4.68. The van der Waals surface area contributed by atoms with Crippen molar-refractivity contribution in [1.82, 2.24) is 9.88 Å². The minimum atomic E-state index is 0.853. The molecule has 0 aliphatic carbocycles. The molecule has 0 atom stereocenters. The smallest absolute Gasteiger partial charge is 0.181 e. The third kappa shape index (κ3) is 2.52. The molecule has 0 aliphatic heterocycles. The van der Waals surface area contributed by atoms with E-state index in [4.69, 9.17) is 4.42 Å². The number of benzene rings is 1. The Morgan fingerprint density at radius 3 is 3.13 bits per heavy atom. The van der Waals surface area contributed by atoms with Crippen LogP contribution in [0.25, 0.3) is 11.1 Å². The van der Waals surface area contributed by atoms with Crippen LogP contribution in [0.4, 0.5) is 0 Å². The van der Waals surface area contributed by atoms with Crippen LogP contribution in [-0.4, -0.2) is 29.2 Å². The lowest BCUT2D eigenvalue weighted by Gasteiger charge is -2.14. The summed E-state index contributed by atoms with van der Waals surface area (Å²) >= 11 is 4.21. The molecule has 2 aromatic rings. The zero-order chi connectivity index (χ0) is 10.7. The summed E-state index contributed by atoms with van der Waals surface area (Å²) < 4.78 is 5.26. The zero-order valence-electron chi connectivity index (χ0n) is 8.68. The van der Waals surface area contributed by atoms with E-state index in [2.05, 4.69) is 35.6 Å². The van der Waals surface area contributed by atoms with Crippen molar-refractivity contribution in [2.45, 2.75) is 6.54 Å². The molecule has 1 heterocycles. The Morgan fingerprint density at radius 1 is 1.47 bits per heavy atom. The van der Waals surface area contributed by atoms with Crippen LogP contribution < -0.4 is 0 Å². The van der Waals surface area contributed by atoms with Crippen molar-refractivity contribution in [3.8, 4) is 0 Å². The number of hydrogen-bond donors (Lipinski definition) is 1. The van der Waals surface area contributed by atoms with Gasteiger partial charge in [-0.3, -0.25) is 0 Å². The van der Waals surface area contributed by atoms with Gasteiger partial charge in [-0.2, -0.15) is 12.6 Å². The highest BCUT2D eigenvalue weighted by molar-refractivity contribution is 7.80. The minimum Gasteiger partial charge on any atom is -0.443 e. The average Bonchev–Trinajstić information content (AvgIpc) is 2.65. The van der Waals surface area contributed by atoms with Crippen molar-refractivity contribution >= 4 is 23.7 Å². The van der Waals surface area contributed by atoms with Crippen LogP contribution in [0.3, 0.4) is 0 Å². The van der Waals surface area contributed by atoms with Gasteiger partial charge < -0.3 is 9.32 Å². The van der Waals surface area contributed by atoms with Gasteiger partial charge in [0.15, 0.2) is 12.0 Å². The fourth-order valence-corrected chi connectivity index (χ4v) is 1.90. The SMILES string of the molecule is CN(CCS)Cc1ccc2ncoc2c1. The third-order valence-corrected chi connectivity index (χ3v) is 2.53. The highest BCUT2D eigenvalue weighted by atomic mass is 32.1. The van der Waals surface area contributed by atoms with E-state index in [9.17, 15) is 0 Å². The molecule has 2 rings (SSSR count). The Morgan fingerprint density at radius 2 is 2.33 bits per heavy atom. The molecule has 15 heavy (non-hydrogen) atoms. The molecule has 0 saturated carbocycles. The number of rotatable bonds is 4. The first-order chi connectivity index (χ1) is 7.29. The van der Waals surface area contributed by atoms with E-state index < -0.39 is 0 Å². The average molecular weight is 222 g/mol. The summed E-state index contributed by atoms with van der Waals surface area (Å²) in [7, 11) is 2.08. The van der Waals surface area contributed by atoms with Gasteiger partial charge in [0.1, 0.15) is 5.52 Å². The van der Waals surface area contributed by atoms with E-state index in [1.807, 2.05) is 12.1 Å². The molecule has 0 saturated heterocycles. The molecular weight excluding hydrogens is 208 g/mol. The molecular formula is C11H14N2OS. The van der Waals surface area contributed by atoms with Crippen molar-refractivity contribution < 1.29 is 4.42 Å². The van der Waals surface area contributed by atoms with Gasteiger partial charge in [0.05, 0.1) is 0 Å². The Labute approximate surface area is 94.5 Å². The van der Waals surface area contributed by atoms with Gasteiger partial charge in [-0.15, -0.1) is 0 Å². The van der Waals surface area contributed by atoms with E-state index in [0.29, 0.717) is 0 Å². The van der Waals surface area contributed by atoms with E-state index in [1.165, 1.54) is 12.0 Å². The molecule has 3 nitrogen and oxygen atoms in total. The largest absolute Gasteiger partial charge is 0.443 e. The standard InChI is InChI=1S/C11H14N2OS/c1-13(4-5-15)7-9-2-3-10-11(6-9)14-8-12-10/h2-3,6,8,15H,4-5,7H2,1H3. The quantitative estimate of drug-likeness (QED) is 0.804. The summed E-state index contributed by atoms with van der Waals surface area (Å²) in [5, 5.41) is 0. The van der Waals surface area contributed by atoms with Crippen molar-refractivity contribution in [3.05, 3.63) is 30.2 Å². The summed E-state index contributed by atoms with van der Waals surface area (Å²) in [4.78, 5) is 6.31. The van der Waals surface area contributed by atoms with Crippen molar-refractivity contribution in [2.75, 3.05) is 19.3 Å². The fraction of sp³-hybridized carbons (Fsp3) is 0.364. The summed E-state index contributed by atoms with van der Waals surface area (Å²) in [5.41, 5.74) is 3.01. The molecule has 0 spiro atoms.